The molecule has 0 bridgehead atoms. The largest absolute Gasteiger partial charge is 0.350 e. The predicted molar refractivity (Wildman–Crippen MR) is 104 cm³/mol. The van der Waals surface area contributed by atoms with Crippen LogP contribution in [0.5, 0.6) is 0 Å². The van der Waals surface area contributed by atoms with E-state index in [1.807, 2.05) is 13.8 Å². The summed E-state index contributed by atoms with van der Waals surface area (Å²) in [7, 11) is 0. The van der Waals surface area contributed by atoms with Crippen LogP contribution in [0.25, 0.3) is 6.08 Å². The fourth-order valence-corrected chi connectivity index (χ4v) is 2.25. The highest BCUT2D eigenvalue weighted by Crippen LogP contribution is 2.16. The van der Waals surface area contributed by atoms with Gasteiger partial charge >= 0.3 is 0 Å². The Morgan fingerprint density at radius 3 is 2.44 bits per heavy atom. The summed E-state index contributed by atoms with van der Waals surface area (Å²) in [6.07, 6.45) is 3.66. The molecule has 0 fully saturated rings. The maximum absolute atomic E-state index is 12.3. The molecule has 0 aliphatic heterocycles. The van der Waals surface area contributed by atoms with Crippen LogP contribution in [-0.2, 0) is 4.79 Å². The van der Waals surface area contributed by atoms with Gasteiger partial charge in [-0.25, -0.2) is 0 Å². The van der Waals surface area contributed by atoms with Crippen molar-refractivity contribution in [1.29, 1.82) is 0 Å². The Labute approximate surface area is 157 Å². The molecule has 0 radical (unpaired) electrons. The second kappa shape index (κ2) is 9.28. The quantitative estimate of drug-likeness (QED) is 0.442. The van der Waals surface area contributed by atoms with Gasteiger partial charge in [-0.05, 0) is 49.2 Å². The minimum Gasteiger partial charge on any atom is -0.350 e. The Morgan fingerprint density at radius 2 is 1.81 bits per heavy atom. The molecule has 140 valence electrons. The number of nitro benzene ring substituents is 1. The van der Waals surface area contributed by atoms with Crippen molar-refractivity contribution in [3.63, 3.8) is 0 Å². The first-order chi connectivity index (χ1) is 12.9. The van der Waals surface area contributed by atoms with Crippen molar-refractivity contribution >= 4 is 29.3 Å². The lowest BCUT2D eigenvalue weighted by atomic mass is 10.1. The number of amides is 2. The first-order valence-electron chi connectivity index (χ1n) is 8.54. The molecule has 2 aromatic rings. The average molecular weight is 367 g/mol. The van der Waals surface area contributed by atoms with Crippen molar-refractivity contribution in [2.75, 3.05) is 5.32 Å². The summed E-state index contributed by atoms with van der Waals surface area (Å²) in [6, 6.07) is 12.6. The van der Waals surface area contributed by atoms with E-state index in [-0.39, 0.29) is 17.6 Å². The second-order valence-corrected chi connectivity index (χ2v) is 6.00. The number of carbonyl (C=O) groups is 2. The topological polar surface area (TPSA) is 101 Å². The minimum atomic E-state index is -0.485. The number of hydrogen-bond donors (Lipinski definition) is 2. The van der Waals surface area contributed by atoms with E-state index in [1.165, 1.54) is 18.2 Å². The zero-order valence-electron chi connectivity index (χ0n) is 15.1. The second-order valence-electron chi connectivity index (χ2n) is 6.00. The molecule has 27 heavy (non-hydrogen) atoms. The van der Waals surface area contributed by atoms with Crippen LogP contribution in [0.2, 0.25) is 0 Å². The molecule has 2 aromatic carbocycles. The Bertz CT molecular complexity index is 860. The Hall–Kier alpha value is -3.48. The van der Waals surface area contributed by atoms with Crippen molar-refractivity contribution in [3.05, 3.63) is 75.8 Å². The van der Waals surface area contributed by atoms with Gasteiger partial charge in [0.05, 0.1) is 16.2 Å². The molecule has 0 aliphatic carbocycles. The molecule has 0 saturated carbocycles. The molecule has 0 heterocycles. The van der Waals surface area contributed by atoms with E-state index in [9.17, 15) is 19.7 Å². The van der Waals surface area contributed by atoms with Gasteiger partial charge in [0, 0.05) is 24.3 Å². The standard InChI is InChI=1S/C20H21N3O4/c1-3-14(2)21-20(25)17-6-4-5-7-18(17)22-19(24)13-10-15-8-11-16(12-9-15)23(26)27/h4-14H,3H2,1-2H3,(H,21,25)(H,22,24)/b13-10+/t14-/m1/s1. The number of nitrogens with one attached hydrogen (secondary N) is 2. The predicted octanol–water partition coefficient (Wildman–Crippen LogP) is 3.78. The molecule has 7 heteroatoms. The monoisotopic (exact) mass is 367 g/mol. The number of para-hydroxylation sites is 1. The number of hydrogen-bond acceptors (Lipinski definition) is 4. The van der Waals surface area contributed by atoms with Gasteiger partial charge in [0.1, 0.15) is 0 Å². The van der Waals surface area contributed by atoms with E-state index in [0.29, 0.717) is 16.8 Å². The number of non-ortho nitro benzene ring substituents is 1. The van der Waals surface area contributed by atoms with Crippen LogP contribution >= 0.6 is 0 Å². The normalized spacial score (nSPS) is 11.8. The van der Waals surface area contributed by atoms with Crippen LogP contribution in [0.4, 0.5) is 11.4 Å². The molecular weight excluding hydrogens is 346 g/mol. The van der Waals surface area contributed by atoms with Crippen molar-refractivity contribution in [1.82, 2.24) is 5.32 Å². The van der Waals surface area contributed by atoms with Gasteiger partial charge < -0.3 is 10.6 Å². The lowest BCUT2D eigenvalue weighted by Crippen LogP contribution is -2.32. The Balaban J connectivity index is 2.07. The number of benzene rings is 2. The zero-order chi connectivity index (χ0) is 19.8. The first-order valence-corrected chi connectivity index (χ1v) is 8.54. The van der Waals surface area contributed by atoms with Gasteiger partial charge in [0.25, 0.3) is 11.6 Å². The fraction of sp³-hybridized carbons (Fsp3) is 0.200. The highest BCUT2D eigenvalue weighted by atomic mass is 16.6. The smallest absolute Gasteiger partial charge is 0.269 e. The SMILES string of the molecule is CC[C@@H](C)NC(=O)c1ccccc1NC(=O)/C=C/c1ccc([N+](=O)[O-])cc1. The Kier molecular flexibility index (Phi) is 6.82. The molecule has 0 aliphatic rings. The number of nitrogens with zero attached hydrogens (tertiary/aromatic N) is 1. The molecular formula is C20H21N3O4. The zero-order valence-corrected chi connectivity index (χ0v) is 15.1. The van der Waals surface area contributed by atoms with Gasteiger partial charge in [-0.2, -0.15) is 0 Å². The summed E-state index contributed by atoms with van der Waals surface area (Å²) in [5.74, 6) is -0.656. The molecule has 2 amide bonds. The molecule has 0 unspecified atom stereocenters. The number of nitro groups is 1. The van der Waals surface area contributed by atoms with Gasteiger partial charge in [-0.3, -0.25) is 19.7 Å². The molecule has 0 aromatic heterocycles. The van der Waals surface area contributed by atoms with E-state index in [2.05, 4.69) is 10.6 Å². The lowest BCUT2D eigenvalue weighted by molar-refractivity contribution is -0.384. The van der Waals surface area contributed by atoms with Crippen molar-refractivity contribution < 1.29 is 14.5 Å². The van der Waals surface area contributed by atoms with E-state index in [4.69, 9.17) is 0 Å². The van der Waals surface area contributed by atoms with E-state index in [1.54, 1.807) is 42.5 Å². The maximum Gasteiger partial charge on any atom is 0.269 e. The van der Waals surface area contributed by atoms with Gasteiger partial charge in [-0.15, -0.1) is 0 Å². The van der Waals surface area contributed by atoms with Crippen LogP contribution in [0.3, 0.4) is 0 Å². The highest BCUT2D eigenvalue weighted by Gasteiger charge is 2.13. The Morgan fingerprint density at radius 1 is 1.15 bits per heavy atom. The summed E-state index contributed by atoms with van der Waals surface area (Å²) < 4.78 is 0. The molecule has 0 saturated heterocycles. The van der Waals surface area contributed by atoms with Crippen molar-refractivity contribution in [2.45, 2.75) is 26.3 Å². The van der Waals surface area contributed by atoms with Gasteiger partial charge in [0.2, 0.25) is 5.91 Å². The summed E-state index contributed by atoms with van der Waals surface area (Å²) >= 11 is 0. The van der Waals surface area contributed by atoms with E-state index in [0.717, 1.165) is 6.42 Å². The number of anilines is 1. The number of carbonyl (C=O) groups excluding carboxylic acids is 2. The third-order valence-electron chi connectivity index (χ3n) is 3.95. The maximum atomic E-state index is 12.3. The third-order valence-corrected chi connectivity index (χ3v) is 3.95. The molecule has 2 rings (SSSR count). The van der Waals surface area contributed by atoms with Crippen LogP contribution in [0.15, 0.2) is 54.6 Å². The molecule has 1 atom stereocenters. The summed E-state index contributed by atoms with van der Waals surface area (Å²) in [5, 5.41) is 16.2. The average Bonchev–Trinajstić information content (AvgIpc) is 2.66. The third kappa shape index (κ3) is 5.78. The lowest BCUT2D eigenvalue weighted by Gasteiger charge is -2.14. The van der Waals surface area contributed by atoms with Crippen LogP contribution in [0, 0.1) is 10.1 Å². The van der Waals surface area contributed by atoms with Crippen LogP contribution in [0.1, 0.15) is 36.2 Å². The summed E-state index contributed by atoms with van der Waals surface area (Å²) in [6.45, 7) is 3.88. The minimum absolute atomic E-state index is 0.0159. The molecule has 7 nitrogen and oxygen atoms in total. The van der Waals surface area contributed by atoms with Crippen molar-refractivity contribution in [2.24, 2.45) is 0 Å². The molecule has 0 spiro atoms. The van der Waals surface area contributed by atoms with E-state index >= 15 is 0 Å². The van der Waals surface area contributed by atoms with Crippen molar-refractivity contribution in [3.8, 4) is 0 Å². The van der Waals surface area contributed by atoms with Crippen LogP contribution < -0.4 is 10.6 Å². The number of rotatable bonds is 7. The van der Waals surface area contributed by atoms with Gasteiger partial charge in [-0.1, -0.05) is 19.1 Å². The van der Waals surface area contributed by atoms with E-state index < -0.39 is 10.8 Å². The van der Waals surface area contributed by atoms with Crippen LogP contribution in [-0.4, -0.2) is 22.8 Å². The molecule has 2 N–H and O–H groups in total. The summed E-state index contributed by atoms with van der Waals surface area (Å²) in [5.41, 5.74) is 1.43. The van der Waals surface area contributed by atoms with Gasteiger partial charge in [0.15, 0.2) is 0 Å². The highest BCUT2D eigenvalue weighted by molar-refractivity contribution is 6.07. The fourth-order valence-electron chi connectivity index (χ4n) is 2.25. The first kappa shape index (κ1) is 19.8. The summed E-state index contributed by atoms with van der Waals surface area (Å²) in [4.78, 5) is 34.7.